The van der Waals surface area contributed by atoms with E-state index in [4.69, 9.17) is 20.0 Å². The molecular weight excluding hydrogens is 512 g/mol. The van der Waals surface area contributed by atoms with Gasteiger partial charge in [0.2, 0.25) is 0 Å². The maximum absolute atomic E-state index is 9.14. The Bertz CT molecular complexity index is 1780. The Morgan fingerprint density at radius 3 is 2.22 bits per heavy atom. The molecule has 1 aromatic heterocycles. The Morgan fingerprint density at radius 1 is 0.707 bits per heavy atom. The van der Waals surface area contributed by atoms with Crippen LogP contribution in [0.4, 0.5) is 11.4 Å². The fraction of sp³-hybridized carbons (Fsp3) is 0.182. The third kappa shape index (κ3) is 5.93. The number of rotatable bonds is 10. The number of benzene rings is 4. The van der Waals surface area contributed by atoms with Gasteiger partial charge in [0.1, 0.15) is 23.5 Å². The van der Waals surface area contributed by atoms with Gasteiger partial charge in [-0.05, 0) is 85.5 Å². The Labute approximate surface area is 238 Å². The minimum atomic E-state index is -0.0681. The molecule has 2 heterocycles. The molecule has 41 heavy (non-hydrogen) atoms. The molecule has 1 unspecified atom stereocenters. The number of imidazole rings is 1. The molecule has 0 bridgehead atoms. The van der Waals surface area contributed by atoms with E-state index < -0.39 is 0 Å². The molecule has 0 saturated carbocycles. The number of hydrogen-bond donors (Lipinski definition) is 3. The molecule has 0 spiro atoms. The Kier molecular flexibility index (Phi) is 7.38. The maximum atomic E-state index is 9.14. The second-order valence-electron chi connectivity index (χ2n) is 9.88. The van der Waals surface area contributed by atoms with Crippen LogP contribution in [0.25, 0.3) is 22.4 Å². The number of hydrogen-bond acceptors (Lipinski definition) is 7. The van der Waals surface area contributed by atoms with Gasteiger partial charge in [-0.25, -0.2) is 4.98 Å². The lowest BCUT2D eigenvalue weighted by molar-refractivity contribution is 0.279. The molecule has 8 nitrogen and oxygen atoms in total. The van der Waals surface area contributed by atoms with Crippen LogP contribution >= 0.6 is 0 Å². The van der Waals surface area contributed by atoms with Crippen molar-refractivity contribution in [2.45, 2.75) is 25.4 Å². The number of nitriles is 2. The highest BCUT2D eigenvalue weighted by Gasteiger charge is 2.21. The summed E-state index contributed by atoms with van der Waals surface area (Å²) in [7, 11) is 0. The fourth-order valence-electron chi connectivity index (χ4n) is 4.86. The summed E-state index contributed by atoms with van der Waals surface area (Å²) in [5.74, 6) is 2.38. The first-order valence-corrected chi connectivity index (χ1v) is 13.6. The maximum Gasteiger partial charge on any atom is 0.138 e. The largest absolute Gasteiger partial charge is 0.494 e. The normalized spacial score (nSPS) is 13.5. The van der Waals surface area contributed by atoms with Crippen LogP contribution in [0.3, 0.4) is 0 Å². The van der Waals surface area contributed by atoms with Gasteiger partial charge in [0.15, 0.2) is 0 Å². The van der Waals surface area contributed by atoms with Crippen LogP contribution in [0.2, 0.25) is 0 Å². The molecule has 5 aromatic rings. The van der Waals surface area contributed by atoms with Crippen LogP contribution < -0.4 is 20.1 Å². The van der Waals surface area contributed by atoms with Crippen LogP contribution in [0, 0.1) is 22.7 Å². The summed E-state index contributed by atoms with van der Waals surface area (Å²) in [6.07, 6.45) is 2.78. The van der Waals surface area contributed by atoms with Gasteiger partial charge in [0.25, 0.3) is 0 Å². The highest BCUT2D eigenvalue weighted by atomic mass is 16.5. The van der Waals surface area contributed by atoms with Gasteiger partial charge in [0.05, 0.1) is 58.9 Å². The van der Waals surface area contributed by atoms with Crippen LogP contribution in [0.5, 0.6) is 11.5 Å². The van der Waals surface area contributed by atoms with Crippen molar-refractivity contribution in [2.24, 2.45) is 0 Å². The minimum Gasteiger partial charge on any atom is -0.494 e. The number of unbranched alkanes of at least 4 members (excludes halogenated alkanes) is 2. The first kappa shape index (κ1) is 25.8. The monoisotopic (exact) mass is 540 g/mol. The number of anilines is 2. The van der Waals surface area contributed by atoms with E-state index in [2.05, 4.69) is 38.8 Å². The third-order valence-corrected chi connectivity index (χ3v) is 6.99. The molecule has 1 aliphatic rings. The van der Waals surface area contributed by atoms with Gasteiger partial charge < -0.3 is 25.1 Å². The predicted octanol–water partition coefficient (Wildman–Crippen LogP) is 7.14. The smallest absolute Gasteiger partial charge is 0.138 e. The minimum absolute atomic E-state index is 0.0681. The van der Waals surface area contributed by atoms with E-state index in [1.165, 1.54) is 0 Å². The molecule has 1 aliphatic heterocycles. The van der Waals surface area contributed by atoms with Gasteiger partial charge in [-0.3, -0.25) is 0 Å². The summed E-state index contributed by atoms with van der Waals surface area (Å²) >= 11 is 0. The quantitative estimate of drug-likeness (QED) is 0.161. The molecular formula is C33H28N6O2. The van der Waals surface area contributed by atoms with Crippen LogP contribution in [0.1, 0.15) is 42.1 Å². The van der Waals surface area contributed by atoms with Crippen molar-refractivity contribution < 1.29 is 9.47 Å². The zero-order chi connectivity index (χ0) is 28.0. The van der Waals surface area contributed by atoms with Crippen molar-refractivity contribution in [2.75, 3.05) is 23.8 Å². The standard InChI is InChI=1S/C33H28N6O2/c34-20-22-10-12-28-30(16-22)38-32(36-28)24-6-4-8-26(18-24)40-14-2-1-3-15-41-27-9-5-7-25(19-27)33-37-29-13-11-23(21-35)17-31(29)39-33/h4-13,16-19,32,36,38H,1-3,14-15H2,(H,37,39). The van der Waals surface area contributed by atoms with Crippen molar-refractivity contribution in [3.8, 4) is 35.0 Å². The van der Waals surface area contributed by atoms with Crippen molar-refractivity contribution in [3.05, 3.63) is 102 Å². The zero-order valence-electron chi connectivity index (χ0n) is 22.4. The first-order valence-electron chi connectivity index (χ1n) is 13.6. The molecule has 0 saturated heterocycles. The lowest BCUT2D eigenvalue weighted by atomic mass is 10.1. The van der Waals surface area contributed by atoms with Gasteiger partial charge in [-0.15, -0.1) is 0 Å². The summed E-state index contributed by atoms with van der Waals surface area (Å²) in [5, 5.41) is 25.1. The second kappa shape index (κ2) is 11.7. The molecule has 1 atom stereocenters. The number of ether oxygens (including phenoxy) is 2. The molecule has 0 radical (unpaired) electrons. The second-order valence-corrected chi connectivity index (χ2v) is 9.88. The molecule has 3 N–H and O–H groups in total. The third-order valence-electron chi connectivity index (χ3n) is 6.99. The van der Waals surface area contributed by atoms with E-state index in [9.17, 15) is 0 Å². The Hall–Kier alpha value is -5.47. The predicted molar refractivity (Wildman–Crippen MR) is 159 cm³/mol. The van der Waals surface area contributed by atoms with E-state index in [1.54, 1.807) is 12.1 Å². The van der Waals surface area contributed by atoms with Gasteiger partial charge in [0, 0.05) is 5.56 Å². The van der Waals surface area contributed by atoms with E-state index >= 15 is 0 Å². The number of nitrogens with one attached hydrogen (secondary N) is 3. The van der Waals surface area contributed by atoms with Crippen molar-refractivity contribution >= 4 is 22.4 Å². The number of aromatic nitrogens is 2. The van der Waals surface area contributed by atoms with E-state index in [0.717, 1.165) is 70.1 Å². The number of H-pyrrole nitrogens is 1. The molecule has 8 heteroatoms. The molecule has 0 fully saturated rings. The van der Waals surface area contributed by atoms with Gasteiger partial charge in [-0.2, -0.15) is 10.5 Å². The Balaban J connectivity index is 0.941. The molecule has 202 valence electrons. The van der Waals surface area contributed by atoms with Gasteiger partial charge in [-0.1, -0.05) is 24.3 Å². The Morgan fingerprint density at radius 2 is 1.41 bits per heavy atom. The van der Waals surface area contributed by atoms with Gasteiger partial charge >= 0.3 is 0 Å². The summed E-state index contributed by atoms with van der Waals surface area (Å²) in [5.41, 5.74) is 6.81. The summed E-state index contributed by atoms with van der Waals surface area (Å²) < 4.78 is 12.0. The number of aromatic amines is 1. The number of nitrogens with zero attached hydrogens (tertiary/aromatic N) is 3. The van der Waals surface area contributed by atoms with E-state index in [0.29, 0.717) is 24.3 Å². The van der Waals surface area contributed by atoms with E-state index in [-0.39, 0.29) is 6.17 Å². The summed E-state index contributed by atoms with van der Waals surface area (Å²) in [6.45, 7) is 1.26. The SMILES string of the molecule is N#Cc1ccc2c(c1)NC(c1cccc(OCCCCCOc3cccc(-c4nc5cc(C#N)ccc5[nH]4)c3)c1)N2. The molecule has 0 amide bonds. The van der Waals surface area contributed by atoms with Crippen LogP contribution in [0.15, 0.2) is 84.9 Å². The van der Waals surface area contributed by atoms with Crippen molar-refractivity contribution in [1.29, 1.82) is 10.5 Å². The average Bonchev–Trinajstić information content (AvgIpc) is 3.64. The summed E-state index contributed by atoms with van der Waals surface area (Å²) in [4.78, 5) is 7.95. The lowest BCUT2D eigenvalue weighted by Gasteiger charge is -2.14. The average molecular weight is 541 g/mol. The highest BCUT2D eigenvalue weighted by molar-refractivity contribution is 5.81. The van der Waals surface area contributed by atoms with Crippen molar-refractivity contribution in [3.63, 3.8) is 0 Å². The first-order chi connectivity index (χ1) is 20.2. The number of fused-ring (bicyclic) bond motifs is 2. The lowest BCUT2D eigenvalue weighted by Crippen LogP contribution is -2.12. The molecule has 0 aliphatic carbocycles. The fourth-order valence-corrected chi connectivity index (χ4v) is 4.86. The summed E-state index contributed by atoms with van der Waals surface area (Å²) in [6, 6.07) is 31.3. The van der Waals surface area contributed by atoms with Crippen LogP contribution in [-0.4, -0.2) is 23.2 Å². The zero-order valence-corrected chi connectivity index (χ0v) is 22.4. The molecule has 4 aromatic carbocycles. The van der Waals surface area contributed by atoms with Crippen LogP contribution in [-0.2, 0) is 0 Å². The topological polar surface area (TPSA) is 119 Å². The van der Waals surface area contributed by atoms with Crippen molar-refractivity contribution in [1.82, 2.24) is 9.97 Å². The highest BCUT2D eigenvalue weighted by Crippen LogP contribution is 2.36. The van der Waals surface area contributed by atoms with E-state index in [1.807, 2.05) is 66.7 Å². The molecule has 6 rings (SSSR count).